The molecule has 0 aromatic heterocycles. The Balaban J connectivity index is 1.86. The molecule has 2 unspecified atom stereocenters. The molecule has 2 saturated heterocycles. The van der Waals surface area contributed by atoms with E-state index in [4.69, 9.17) is 0 Å². The minimum absolute atomic E-state index is 0.0339. The molecule has 0 spiro atoms. The van der Waals surface area contributed by atoms with E-state index in [0.29, 0.717) is 25.1 Å². The van der Waals surface area contributed by atoms with Gasteiger partial charge in [-0.2, -0.15) is 0 Å². The molecule has 2 aliphatic heterocycles. The standard InChI is InChI=1S/C19H25N3O3/c1-12-5-7-13(8-6-12)22-17(24)16-14(20-18(22)25)9-10-21(16)15(23)11-19(2,3)4/h5-8,14,16H,9-11H2,1-4H3,(H,20,25). The van der Waals surface area contributed by atoms with E-state index >= 15 is 0 Å². The van der Waals surface area contributed by atoms with Gasteiger partial charge in [0.15, 0.2) is 0 Å². The number of hydrogen-bond acceptors (Lipinski definition) is 3. The van der Waals surface area contributed by atoms with E-state index in [1.165, 1.54) is 0 Å². The molecule has 1 aromatic carbocycles. The number of fused-ring (bicyclic) bond motifs is 1. The van der Waals surface area contributed by atoms with Gasteiger partial charge in [0, 0.05) is 13.0 Å². The Morgan fingerprint density at radius 3 is 2.44 bits per heavy atom. The summed E-state index contributed by atoms with van der Waals surface area (Å²) in [6.45, 7) is 8.45. The van der Waals surface area contributed by atoms with Crippen molar-refractivity contribution in [1.82, 2.24) is 10.2 Å². The molecule has 2 aliphatic rings. The number of imide groups is 1. The van der Waals surface area contributed by atoms with Crippen molar-refractivity contribution in [2.24, 2.45) is 5.41 Å². The van der Waals surface area contributed by atoms with Crippen molar-refractivity contribution in [1.29, 1.82) is 0 Å². The highest BCUT2D eigenvalue weighted by atomic mass is 16.2. The highest BCUT2D eigenvalue weighted by Gasteiger charge is 2.50. The maximum Gasteiger partial charge on any atom is 0.329 e. The van der Waals surface area contributed by atoms with E-state index in [2.05, 4.69) is 5.32 Å². The Labute approximate surface area is 148 Å². The molecule has 3 rings (SSSR count). The number of aryl methyl sites for hydroxylation is 1. The van der Waals surface area contributed by atoms with Gasteiger partial charge in [-0.15, -0.1) is 0 Å². The van der Waals surface area contributed by atoms with E-state index in [1.54, 1.807) is 17.0 Å². The van der Waals surface area contributed by atoms with Crippen molar-refractivity contribution in [3.63, 3.8) is 0 Å². The third-order valence-corrected chi connectivity index (χ3v) is 4.68. The van der Waals surface area contributed by atoms with E-state index < -0.39 is 12.1 Å². The number of urea groups is 1. The van der Waals surface area contributed by atoms with Crippen molar-refractivity contribution in [3.05, 3.63) is 29.8 Å². The van der Waals surface area contributed by atoms with Gasteiger partial charge in [-0.25, -0.2) is 9.69 Å². The predicted octanol–water partition coefficient (Wildman–Crippen LogP) is 2.46. The smallest absolute Gasteiger partial charge is 0.329 e. The molecule has 2 atom stereocenters. The molecule has 0 aliphatic carbocycles. The maximum atomic E-state index is 13.1. The van der Waals surface area contributed by atoms with Crippen LogP contribution >= 0.6 is 0 Å². The number of rotatable bonds is 2. The summed E-state index contributed by atoms with van der Waals surface area (Å²) in [4.78, 5) is 41.0. The zero-order valence-corrected chi connectivity index (χ0v) is 15.2. The number of benzene rings is 1. The van der Waals surface area contributed by atoms with Crippen molar-refractivity contribution in [2.75, 3.05) is 11.4 Å². The zero-order valence-electron chi connectivity index (χ0n) is 15.2. The maximum absolute atomic E-state index is 13.1. The third-order valence-electron chi connectivity index (χ3n) is 4.68. The number of likely N-dealkylation sites (tertiary alicyclic amines) is 1. The van der Waals surface area contributed by atoms with Crippen LogP contribution in [0.25, 0.3) is 0 Å². The second-order valence-corrected chi connectivity index (χ2v) is 8.12. The lowest BCUT2D eigenvalue weighted by molar-refractivity contribution is -0.139. The first kappa shape index (κ1) is 17.5. The van der Waals surface area contributed by atoms with Gasteiger partial charge in [0.25, 0.3) is 5.91 Å². The summed E-state index contributed by atoms with van der Waals surface area (Å²) in [6, 6.07) is 5.89. The van der Waals surface area contributed by atoms with Crippen LogP contribution in [0.3, 0.4) is 0 Å². The lowest BCUT2D eigenvalue weighted by Crippen LogP contribution is -2.65. The van der Waals surface area contributed by atoms with Gasteiger partial charge in [-0.05, 0) is 30.9 Å². The van der Waals surface area contributed by atoms with Gasteiger partial charge in [-0.3, -0.25) is 9.59 Å². The summed E-state index contributed by atoms with van der Waals surface area (Å²) in [5, 5.41) is 2.89. The molecule has 0 radical (unpaired) electrons. The summed E-state index contributed by atoms with van der Waals surface area (Å²) < 4.78 is 0. The average Bonchev–Trinajstić information content (AvgIpc) is 2.91. The summed E-state index contributed by atoms with van der Waals surface area (Å²) in [6.07, 6.45) is 0.988. The highest BCUT2D eigenvalue weighted by Crippen LogP contribution is 2.30. The van der Waals surface area contributed by atoms with Crippen LogP contribution in [0.1, 0.15) is 39.2 Å². The molecule has 1 N–H and O–H groups in total. The van der Waals surface area contributed by atoms with Crippen LogP contribution in [-0.2, 0) is 9.59 Å². The normalized spacial score (nSPS) is 23.5. The Kier molecular flexibility index (Phi) is 4.31. The molecule has 6 heteroatoms. The lowest BCUT2D eigenvalue weighted by Gasteiger charge is -2.37. The lowest BCUT2D eigenvalue weighted by atomic mass is 9.91. The molecule has 6 nitrogen and oxygen atoms in total. The van der Waals surface area contributed by atoms with Crippen LogP contribution < -0.4 is 10.2 Å². The number of hydrogen-bond donors (Lipinski definition) is 1. The first-order chi connectivity index (χ1) is 11.7. The molecule has 0 saturated carbocycles. The van der Waals surface area contributed by atoms with Gasteiger partial charge in [0.2, 0.25) is 5.91 Å². The third kappa shape index (κ3) is 3.38. The average molecular weight is 343 g/mol. The number of carbonyl (C=O) groups is 3. The molecular weight excluding hydrogens is 318 g/mol. The molecular formula is C19H25N3O3. The summed E-state index contributed by atoms with van der Waals surface area (Å²) in [5.74, 6) is -0.356. The van der Waals surface area contributed by atoms with E-state index in [1.807, 2.05) is 39.8 Å². The molecule has 0 bridgehead atoms. The number of nitrogens with zero attached hydrogens (tertiary/aromatic N) is 2. The molecule has 25 heavy (non-hydrogen) atoms. The SMILES string of the molecule is Cc1ccc(N2C(=O)NC3CCN(C(=O)CC(C)(C)C)C3C2=O)cc1. The number of anilines is 1. The monoisotopic (exact) mass is 343 g/mol. The van der Waals surface area contributed by atoms with E-state index in [9.17, 15) is 14.4 Å². The van der Waals surface area contributed by atoms with Crippen LogP contribution in [0, 0.1) is 12.3 Å². The molecule has 1 aromatic rings. The fraction of sp³-hybridized carbons (Fsp3) is 0.526. The summed E-state index contributed by atoms with van der Waals surface area (Å²) >= 11 is 0. The zero-order chi connectivity index (χ0) is 18.4. The minimum Gasteiger partial charge on any atom is -0.332 e. The molecule has 4 amide bonds. The second-order valence-electron chi connectivity index (χ2n) is 8.12. The van der Waals surface area contributed by atoms with Crippen LogP contribution in [-0.4, -0.2) is 41.4 Å². The highest BCUT2D eigenvalue weighted by molar-refractivity contribution is 6.19. The second kappa shape index (κ2) is 6.17. The Bertz CT molecular complexity index is 706. The predicted molar refractivity (Wildman–Crippen MR) is 95.2 cm³/mol. The fourth-order valence-corrected chi connectivity index (χ4v) is 3.48. The van der Waals surface area contributed by atoms with Crippen LogP contribution in [0.2, 0.25) is 0 Å². The molecule has 2 fully saturated rings. The molecule has 134 valence electrons. The Hall–Kier alpha value is -2.37. The first-order valence-corrected chi connectivity index (χ1v) is 8.68. The van der Waals surface area contributed by atoms with Crippen LogP contribution in [0.4, 0.5) is 10.5 Å². The van der Waals surface area contributed by atoms with Crippen molar-refractivity contribution in [3.8, 4) is 0 Å². The van der Waals surface area contributed by atoms with Crippen molar-refractivity contribution >= 4 is 23.5 Å². The van der Waals surface area contributed by atoms with E-state index in [0.717, 1.165) is 10.5 Å². The van der Waals surface area contributed by atoms with Gasteiger partial charge >= 0.3 is 6.03 Å². The van der Waals surface area contributed by atoms with Gasteiger partial charge in [-0.1, -0.05) is 38.5 Å². The van der Waals surface area contributed by atoms with Gasteiger partial charge in [0.05, 0.1) is 11.7 Å². The largest absolute Gasteiger partial charge is 0.332 e. The quantitative estimate of drug-likeness (QED) is 0.897. The molecule has 2 heterocycles. The summed E-state index contributed by atoms with van der Waals surface area (Å²) in [5.41, 5.74) is 1.43. The number of nitrogens with one attached hydrogen (secondary N) is 1. The topological polar surface area (TPSA) is 69.7 Å². The number of carbonyl (C=O) groups excluding carboxylic acids is 3. The fourth-order valence-electron chi connectivity index (χ4n) is 3.48. The van der Waals surface area contributed by atoms with Crippen molar-refractivity contribution in [2.45, 2.75) is 52.6 Å². The minimum atomic E-state index is -0.617. The van der Waals surface area contributed by atoms with Gasteiger partial charge < -0.3 is 10.2 Å². The van der Waals surface area contributed by atoms with Gasteiger partial charge in [0.1, 0.15) is 6.04 Å². The number of amides is 4. The van der Waals surface area contributed by atoms with Crippen molar-refractivity contribution < 1.29 is 14.4 Å². The first-order valence-electron chi connectivity index (χ1n) is 8.68. The van der Waals surface area contributed by atoms with Crippen LogP contribution in [0.15, 0.2) is 24.3 Å². The summed E-state index contributed by atoms with van der Waals surface area (Å²) in [7, 11) is 0. The van der Waals surface area contributed by atoms with Crippen LogP contribution in [0.5, 0.6) is 0 Å². The Morgan fingerprint density at radius 2 is 1.84 bits per heavy atom. The Morgan fingerprint density at radius 1 is 1.20 bits per heavy atom. The van der Waals surface area contributed by atoms with E-state index in [-0.39, 0.29) is 23.3 Å².